The first-order valence-electron chi connectivity index (χ1n) is 9.96. The van der Waals surface area contributed by atoms with Crippen molar-refractivity contribution in [1.29, 1.82) is 10.8 Å². The molecule has 4 rings (SSSR count). The lowest BCUT2D eigenvalue weighted by atomic mass is 10.0. The Morgan fingerprint density at radius 3 is 2.41 bits per heavy atom. The van der Waals surface area contributed by atoms with Crippen molar-refractivity contribution in [1.82, 2.24) is 9.55 Å². The minimum absolute atomic E-state index is 0.0491. The lowest BCUT2D eigenvalue weighted by Gasteiger charge is -2.22. The molecule has 0 bridgehead atoms. The summed E-state index contributed by atoms with van der Waals surface area (Å²) in [6, 6.07) is 21.2. The van der Waals surface area contributed by atoms with Crippen molar-refractivity contribution in [3.8, 4) is 11.1 Å². The monoisotopic (exact) mass is 463 g/mol. The van der Waals surface area contributed by atoms with Gasteiger partial charge in [0.25, 0.3) is 0 Å². The number of nitrogens with one attached hydrogen (secondary N) is 2. The highest BCUT2D eigenvalue weighted by molar-refractivity contribution is 7.70. The lowest BCUT2D eigenvalue weighted by Crippen LogP contribution is -2.26. The van der Waals surface area contributed by atoms with Crippen LogP contribution in [0, 0.1) is 10.8 Å². The van der Waals surface area contributed by atoms with Gasteiger partial charge in [-0.05, 0) is 54.8 Å². The molecule has 0 radical (unpaired) electrons. The van der Waals surface area contributed by atoms with Gasteiger partial charge in [0, 0.05) is 28.4 Å². The smallest absolute Gasteiger partial charge is 0.229 e. The van der Waals surface area contributed by atoms with Gasteiger partial charge in [0.1, 0.15) is 13.0 Å². The predicted octanol–water partition coefficient (Wildman–Crippen LogP) is 5.31. The van der Waals surface area contributed by atoms with E-state index >= 15 is 0 Å². The second-order valence-corrected chi connectivity index (χ2v) is 11.6. The standard InChI is InChI=1S/C24H23ClN5OP/c1-29(23-21-12-9-18(25)14-22(21)30(15-26)24(27)28-23)19-6-4-5-17(13-19)16-7-10-20(11-8-16)32(2,3)31/h4-15,26-27H,1-3H3. The highest BCUT2D eigenvalue weighted by Crippen LogP contribution is 2.36. The maximum Gasteiger partial charge on any atom is 0.229 e. The summed E-state index contributed by atoms with van der Waals surface area (Å²) in [6.45, 7) is 3.54. The third kappa shape index (κ3) is 4.12. The van der Waals surface area contributed by atoms with Crippen LogP contribution in [0.1, 0.15) is 0 Å². The van der Waals surface area contributed by atoms with Crippen molar-refractivity contribution < 1.29 is 4.57 Å². The van der Waals surface area contributed by atoms with Gasteiger partial charge in [-0.2, -0.15) is 4.98 Å². The maximum absolute atomic E-state index is 12.3. The van der Waals surface area contributed by atoms with Gasteiger partial charge in [-0.1, -0.05) is 48.0 Å². The molecule has 0 unspecified atom stereocenters. The van der Waals surface area contributed by atoms with Crippen molar-refractivity contribution in [2.75, 3.05) is 25.3 Å². The van der Waals surface area contributed by atoms with Crippen molar-refractivity contribution in [2.24, 2.45) is 0 Å². The van der Waals surface area contributed by atoms with E-state index < -0.39 is 7.14 Å². The number of nitrogens with zero attached hydrogens (tertiary/aromatic N) is 3. The second-order valence-electron chi connectivity index (χ2n) is 7.93. The Labute approximate surface area is 191 Å². The van der Waals surface area contributed by atoms with E-state index in [-0.39, 0.29) is 5.62 Å². The molecule has 4 aromatic rings. The SMILES string of the molecule is CN(c1cccc(-c2ccc(P(C)(C)=O)cc2)c1)c1nc(=N)n(C=N)c2cc(Cl)ccc12. The molecule has 3 aromatic carbocycles. The fourth-order valence-electron chi connectivity index (χ4n) is 3.64. The molecule has 0 aliphatic heterocycles. The van der Waals surface area contributed by atoms with Crippen molar-refractivity contribution in [3.05, 3.63) is 77.4 Å². The summed E-state index contributed by atoms with van der Waals surface area (Å²) in [5.74, 6) is 0.602. The first-order valence-corrected chi connectivity index (χ1v) is 12.9. The van der Waals surface area contributed by atoms with Crippen LogP contribution in [0.5, 0.6) is 0 Å². The molecule has 2 N–H and O–H groups in total. The molecular formula is C24H23ClN5OP. The summed E-state index contributed by atoms with van der Waals surface area (Å²) < 4.78 is 13.7. The number of halogens is 1. The van der Waals surface area contributed by atoms with Crippen molar-refractivity contribution in [3.63, 3.8) is 0 Å². The number of fused-ring (bicyclic) bond motifs is 1. The molecule has 0 saturated heterocycles. The minimum Gasteiger partial charge on any atom is -0.329 e. The largest absolute Gasteiger partial charge is 0.329 e. The zero-order chi connectivity index (χ0) is 23.0. The minimum atomic E-state index is -2.29. The van der Waals surface area contributed by atoms with E-state index in [0.29, 0.717) is 16.4 Å². The van der Waals surface area contributed by atoms with Crippen LogP contribution in [-0.2, 0) is 4.57 Å². The van der Waals surface area contributed by atoms with Gasteiger partial charge in [0.2, 0.25) is 5.62 Å². The van der Waals surface area contributed by atoms with E-state index in [1.54, 1.807) is 25.5 Å². The lowest BCUT2D eigenvalue weighted by molar-refractivity contribution is 0.588. The molecule has 1 aromatic heterocycles. The van der Waals surface area contributed by atoms with Crippen LogP contribution in [0.4, 0.5) is 11.5 Å². The number of hydrogen-bond donors (Lipinski definition) is 2. The van der Waals surface area contributed by atoms with Gasteiger partial charge in [0.15, 0.2) is 0 Å². The molecule has 0 saturated carbocycles. The molecule has 0 aliphatic carbocycles. The summed E-state index contributed by atoms with van der Waals surface area (Å²) in [7, 11) is -0.395. The van der Waals surface area contributed by atoms with Crippen molar-refractivity contribution in [2.45, 2.75) is 0 Å². The van der Waals surface area contributed by atoms with Crippen LogP contribution in [0.25, 0.3) is 22.0 Å². The van der Waals surface area contributed by atoms with Crippen molar-refractivity contribution >= 4 is 52.8 Å². The van der Waals surface area contributed by atoms with E-state index in [4.69, 9.17) is 22.4 Å². The molecule has 0 fully saturated rings. The molecule has 8 heteroatoms. The number of hydrogen-bond acceptors (Lipinski definition) is 5. The van der Waals surface area contributed by atoms with E-state index in [0.717, 1.165) is 33.8 Å². The Morgan fingerprint density at radius 2 is 1.75 bits per heavy atom. The second kappa shape index (κ2) is 8.38. The zero-order valence-corrected chi connectivity index (χ0v) is 19.7. The Kier molecular flexibility index (Phi) is 5.76. The van der Waals surface area contributed by atoms with Gasteiger partial charge in [-0.15, -0.1) is 0 Å². The molecule has 0 spiro atoms. The zero-order valence-electron chi connectivity index (χ0n) is 18.0. The van der Waals surface area contributed by atoms with Crippen LogP contribution in [-0.4, -0.2) is 36.3 Å². The predicted molar refractivity (Wildman–Crippen MR) is 134 cm³/mol. The molecule has 162 valence electrons. The molecule has 0 amide bonds. The Morgan fingerprint density at radius 1 is 1.03 bits per heavy atom. The molecule has 1 heterocycles. The van der Waals surface area contributed by atoms with Crippen LogP contribution >= 0.6 is 18.7 Å². The van der Waals surface area contributed by atoms with Gasteiger partial charge in [-0.25, -0.2) is 0 Å². The van der Waals surface area contributed by atoms with Crippen LogP contribution in [0.2, 0.25) is 5.02 Å². The Hall–Kier alpha value is -3.21. The summed E-state index contributed by atoms with van der Waals surface area (Å²) >= 11 is 6.18. The van der Waals surface area contributed by atoms with E-state index in [1.807, 2.05) is 60.5 Å². The fourth-order valence-corrected chi connectivity index (χ4v) is 4.67. The highest BCUT2D eigenvalue weighted by Gasteiger charge is 2.15. The first-order chi connectivity index (χ1) is 15.2. The topological polar surface area (TPSA) is 85.8 Å². The molecule has 6 nitrogen and oxygen atoms in total. The van der Waals surface area contributed by atoms with Gasteiger partial charge >= 0.3 is 0 Å². The number of benzene rings is 3. The molecular weight excluding hydrogens is 441 g/mol. The average Bonchev–Trinajstić information content (AvgIpc) is 2.77. The number of anilines is 2. The molecule has 0 aliphatic rings. The third-order valence-electron chi connectivity index (χ3n) is 5.40. The van der Waals surface area contributed by atoms with E-state index in [2.05, 4.69) is 11.1 Å². The Balaban J connectivity index is 1.79. The number of rotatable bonds is 5. The fraction of sp³-hybridized carbons (Fsp3) is 0.125. The third-order valence-corrected chi connectivity index (χ3v) is 7.18. The van der Waals surface area contributed by atoms with Gasteiger partial charge in [0.05, 0.1) is 11.9 Å². The van der Waals surface area contributed by atoms with Crippen LogP contribution in [0.15, 0.2) is 66.7 Å². The summed E-state index contributed by atoms with van der Waals surface area (Å²) in [5, 5.41) is 18.1. The number of aromatic nitrogens is 2. The van der Waals surface area contributed by atoms with Gasteiger partial charge < -0.3 is 9.46 Å². The van der Waals surface area contributed by atoms with Gasteiger partial charge in [-0.3, -0.25) is 15.4 Å². The highest BCUT2D eigenvalue weighted by atomic mass is 35.5. The normalized spacial score (nSPS) is 11.5. The van der Waals surface area contributed by atoms with E-state index in [9.17, 15) is 4.57 Å². The quantitative estimate of drug-likeness (QED) is 0.239. The van der Waals surface area contributed by atoms with Crippen LogP contribution in [0.3, 0.4) is 0 Å². The summed E-state index contributed by atoms with van der Waals surface area (Å²) in [4.78, 5) is 6.37. The Bertz CT molecular complexity index is 1440. The summed E-state index contributed by atoms with van der Waals surface area (Å²) in [6.07, 6.45) is 1.06. The van der Waals surface area contributed by atoms with E-state index in [1.165, 1.54) is 4.57 Å². The molecule has 32 heavy (non-hydrogen) atoms. The van der Waals surface area contributed by atoms with Crippen LogP contribution < -0.4 is 15.8 Å². The average molecular weight is 464 g/mol. The maximum atomic E-state index is 12.3. The molecule has 0 atom stereocenters. The summed E-state index contributed by atoms with van der Waals surface area (Å²) in [5.41, 5.74) is 3.54. The first kappa shape index (κ1) is 22.0.